The lowest BCUT2D eigenvalue weighted by Gasteiger charge is -2.35. The van der Waals surface area contributed by atoms with Crippen molar-refractivity contribution >= 4 is 35.1 Å². The molecule has 2 N–H and O–H groups in total. The van der Waals surface area contributed by atoms with E-state index in [1.807, 2.05) is 35.2 Å². The first-order valence-electron chi connectivity index (χ1n) is 15.0. The van der Waals surface area contributed by atoms with Gasteiger partial charge in [0.1, 0.15) is 17.5 Å². The molecule has 0 aliphatic carbocycles. The zero-order valence-corrected chi connectivity index (χ0v) is 24.9. The van der Waals surface area contributed by atoms with E-state index in [-0.39, 0.29) is 36.4 Å². The Hall–Kier alpha value is -5.21. The Kier molecular flexibility index (Phi) is 8.96. The summed E-state index contributed by atoms with van der Waals surface area (Å²) in [6.07, 6.45) is -2.20. The minimum atomic E-state index is -4.91. The van der Waals surface area contributed by atoms with Gasteiger partial charge < -0.3 is 29.8 Å². The first kappa shape index (κ1) is 31.8. The molecule has 2 aliphatic rings. The summed E-state index contributed by atoms with van der Waals surface area (Å²) < 4.78 is 74.2. The monoisotopic (exact) mass is 655 g/mol. The molecule has 246 valence electrons. The van der Waals surface area contributed by atoms with Crippen LogP contribution in [0.1, 0.15) is 40.6 Å². The number of carbonyl (C=O) groups is 2. The third-order valence-electron chi connectivity index (χ3n) is 8.20. The Labute approximate surface area is 266 Å². The summed E-state index contributed by atoms with van der Waals surface area (Å²) >= 11 is 0. The van der Waals surface area contributed by atoms with Crippen molar-refractivity contribution in [2.45, 2.75) is 24.9 Å². The van der Waals surface area contributed by atoms with Crippen LogP contribution in [0.15, 0.2) is 71.3 Å². The number of carbonyl (C=O) groups excluding carboxylic acids is 2. The van der Waals surface area contributed by atoms with Crippen LogP contribution in [0, 0.1) is 11.6 Å². The van der Waals surface area contributed by atoms with Crippen LogP contribution in [0.3, 0.4) is 0 Å². The summed E-state index contributed by atoms with van der Waals surface area (Å²) in [5.74, 6) is -2.89. The SMILES string of the molecule is O=C(Nc1ccc(N2CCN(C(=O)Nc3ccc(F)cc3F)CC2)nc1)c1oc(N2CCC(c3ccccc3)CC2)nc1C(F)(F)F. The second kappa shape index (κ2) is 13.3. The van der Waals surface area contributed by atoms with Crippen LogP contribution in [0.4, 0.5) is 50.0 Å². The van der Waals surface area contributed by atoms with Crippen LogP contribution >= 0.6 is 0 Å². The molecule has 47 heavy (non-hydrogen) atoms. The number of piperazine rings is 1. The van der Waals surface area contributed by atoms with Crippen LogP contribution in [-0.2, 0) is 6.18 Å². The number of hydrogen-bond acceptors (Lipinski definition) is 7. The highest BCUT2D eigenvalue weighted by Gasteiger charge is 2.42. The lowest BCUT2D eigenvalue weighted by atomic mass is 9.90. The van der Waals surface area contributed by atoms with E-state index in [0.29, 0.717) is 50.9 Å². The summed E-state index contributed by atoms with van der Waals surface area (Å²) in [6, 6.07) is 15.1. The van der Waals surface area contributed by atoms with Gasteiger partial charge in [0.2, 0.25) is 5.76 Å². The van der Waals surface area contributed by atoms with Crippen LogP contribution in [0.25, 0.3) is 0 Å². The second-order valence-corrected chi connectivity index (χ2v) is 11.2. The number of pyridine rings is 1. The van der Waals surface area contributed by atoms with Gasteiger partial charge in [-0.05, 0) is 48.6 Å². The third-order valence-corrected chi connectivity index (χ3v) is 8.20. The number of urea groups is 1. The standard InChI is InChI=1S/C32H30F5N7O3/c33-22-6-8-25(24(34)18-22)40-30(46)43-16-14-42(15-17-43)26-9-7-23(19-38-26)39-29(45)27-28(32(35,36)37)41-31(47-27)44-12-10-21(11-13-44)20-4-2-1-3-5-20/h1-9,18-19,21H,10-17H2,(H,39,45)(H,40,46). The molecule has 10 nitrogen and oxygen atoms in total. The fourth-order valence-electron chi connectivity index (χ4n) is 5.68. The molecule has 2 aromatic heterocycles. The van der Waals surface area contributed by atoms with E-state index in [9.17, 15) is 31.5 Å². The Balaban J connectivity index is 1.05. The zero-order chi connectivity index (χ0) is 33.1. The molecule has 6 rings (SSSR count). The summed E-state index contributed by atoms with van der Waals surface area (Å²) in [4.78, 5) is 38.5. The number of anilines is 4. The number of piperidine rings is 1. The quantitative estimate of drug-likeness (QED) is 0.233. The number of halogens is 5. The predicted octanol–water partition coefficient (Wildman–Crippen LogP) is 6.36. The topological polar surface area (TPSA) is 107 Å². The Morgan fingerprint density at radius 2 is 1.57 bits per heavy atom. The highest BCUT2D eigenvalue weighted by molar-refractivity contribution is 6.03. The van der Waals surface area contributed by atoms with Crippen molar-refractivity contribution in [3.63, 3.8) is 0 Å². The first-order chi connectivity index (χ1) is 22.5. The number of oxazole rings is 1. The average molecular weight is 656 g/mol. The molecule has 2 aromatic carbocycles. The summed E-state index contributed by atoms with van der Waals surface area (Å²) in [5, 5.41) is 4.84. The summed E-state index contributed by atoms with van der Waals surface area (Å²) in [7, 11) is 0. The lowest BCUT2D eigenvalue weighted by Crippen LogP contribution is -2.50. The number of rotatable bonds is 6. The second-order valence-electron chi connectivity index (χ2n) is 11.2. The van der Waals surface area contributed by atoms with E-state index in [0.717, 1.165) is 12.1 Å². The molecule has 0 atom stereocenters. The van der Waals surface area contributed by atoms with E-state index in [2.05, 4.69) is 20.6 Å². The first-order valence-corrected chi connectivity index (χ1v) is 15.0. The molecular formula is C32H30F5N7O3. The molecule has 0 radical (unpaired) electrons. The zero-order valence-electron chi connectivity index (χ0n) is 24.9. The number of alkyl halides is 3. The summed E-state index contributed by atoms with van der Waals surface area (Å²) in [5.41, 5.74) is -0.219. The molecule has 3 amide bonds. The minimum absolute atomic E-state index is 0.134. The van der Waals surface area contributed by atoms with Crippen molar-refractivity contribution in [1.29, 1.82) is 0 Å². The number of nitrogens with zero attached hydrogens (tertiary/aromatic N) is 5. The van der Waals surface area contributed by atoms with Gasteiger partial charge in [-0.15, -0.1) is 0 Å². The van der Waals surface area contributed by atoms with Gasteiger partial charge in [0, 0.05) is 45.3 Å². The van der Waals surface area contributed by atoms with Crippen LogP contribution in [0.2, 0.25) is 0 Å². The Bertz CT molecular complexity index is 1720. The van der Waals surface area contributed by atoms with Crippen molar-refractivity contribution in [3.05, 3.63) is 95.5 Å². The fraction of sp³-hybridized carbons (Fsp3) is 0.312. The molecular weight excluding hydrogens is 625 g/mol. The van der Waals surface area contributed by atoms with E-state index in [4.69, 9.17) is 4.42 Å². The molecule has 4 aromatic rings. The predicted molar refractivity (Wildman–Crippen MR) is 163 cm³/mol. The average Bonchev–Trinajstić information content (AvgIpc) is 3.54. The number of aromatic nitrogens is 2. The highest BCUT2D eigenvalue weighted by Crippen LogP contribution is 2.36. The van der Waals surface area contributed by atoms with E-state index >= 15 is 0 Å². The largest absolute Gasteiger partial charge is 0.437 e. The molecule has 2 saturated heterocycles. The maximum atomic E-state index is 13.9. The van der Waals surface area contributed by atoms with Gasteiger partial charge in [-0.3, -0.25) is 4.79 Å². The third kappa shape index (κ3) is 7.28. The number of amides is 3. The van der Waals surface area contributed by atoms with E-state index in [1.165, 1.54) is 22.7 Å². The molecule has 0 spiro atoms. The fourth-order valence-corrected chi connectivity index (χ4v) is 5.68. The van der Waals surface area contributed by atoms with Gasteiger partial charge >= 0.3 is 12.2 Å². The van der Waals surface area contributed by atoms with Crippen molar-refractivity contribution in [3.8, 4) is 0 Å². The maximum Gasteiger partial charge on any atom is 0.437 e. The number of nitrogens with one attached hydrogen (secondary N) is 2. The number of benzene rings is 2. The van der Waals surface area contributed by atoms with Crippen LogP contribution in [0.5, 0.6) is 0 Å². The molecule has 0 saturated carbocycles. The van der Waals surface area contributed by atoms with Crippen molar-refractivity contribution in [2.75, 3.05) is 59.7 Å². The van der Waals surface area contributed by atoms with Gasteiger partial charge in [-0.25, -0.2) is 18.6 Å². The van der Waals surface area contributed by atoms with Gasteiger partial charge in [-0.1, -0.05) is 30.3 Å². The highest BCUT2D eigenvalue weighted by atomic mass is 19.4. The molecule has 2 fully saturated rings. The molecule has 15 heteroatoms. The van der Waals surface area contributed by atoms with E-state index in [1.54, 1.807) is 11.0 Å². The van der Waals surface area contributed by atoms with Gasteiger partial charge in [-0.2, -0.15) is 18.2 Å². The van der Waals surface area contributed by atoms with Gasteiger partial charge in [0.25, 0.3) is 11.9 Å². The van der Waals surface area contributed by atoms with Gasteiger partial charge in [0.05, 0.1) is 17.6 Å². The van der Waals surface area contributed by atoms with Crippen LogP contribution < -0.4 is 20.4 Å². The number of hydrogen-bond donors (Lipinski definition) is 2. The van der Waals surface area contributed by atoms with Gasteiger partial charge in [0.15, 0.2) is 5.69 Å². The van der Waals surface area contributed by atoms with Crippen molar-refractivity contribution in [1.82, 2.24) is 14.9 Å². The lowest BCUT2D eigenvalue weighted by molar-refractivity contribution is -0.141. The van der Waals surface area contributed by atoms with Crippen molar-refractivity contribution in [2.24, 2.45) is 0 Å². The van der Waals surface area contributed by atoms with Crippen LogP contribution in [-0.4, -0.2) is 66.1 Å². The molecule has 4 heterocycles. The van der Waals surface area contributed by atoms with E-state index < -0.39 is 41.2 Å². The molecule has 2 aliphatic heterocycles. The smallest absolute Gasteiger partial charge is 0.417 e. The Morgan fingerprint density at radius 3 is 2.21 bits per heavy atom. The summed E-state index contributed by atoms with van der Waals surface area (Å²) in [6.45, 7) is 2.19. The maximum absolute atomic E-state index is 13.9. The molecule has 0 bridgehead atoms. The Morgan fingerprint density at radius 1 is 0.851 bits per heavy atom. The van der Waals surface area contributed by atoms with Crippen molar-refractivity contribution < 1.29 is 36.0 Å². The normalized spacial score (nSPS) is 15.9. The minimum Gasteiger partial charge on any atom is -0.417 e. The molecule has 0 unspecified atom stereocenters.